The van der Waals surface area contributed by atoms with Crippen LogP contribution >= 0.6 is 11.6 Å². The van der Waals surface area contributed by atoms with Crippen LogP contribution in [0.3, 0.4) is 0 Å². The van der Waals surface area contributed by atoms with Crippen LogP contribution in [0.25, 0.3) is 0 Å². The van der Waals surface area contributed by atoms with E-state index >= 15 is 0 Å². The van der Waals surface area contributed by atoms with Crippen molar-refractivity contribution in [1.29, 1.82) is 0 Å². The monoisotopic (exact) mass is 325 g/mol. The highest BCUT2D eigenvalue weighted by Crippen LogP contribution is 2.19. The molecule has 22 heavy (non-hydrogen) atoms. The van der Waals surface area contributed by atoms with Gasteiger partial charge in [0.1, 0.15) is 11.6 Å². The van der Waals surface area contributed by atoms with Crippen LogP contribution in [0.15, 0.2) is 24.3 Å². The molecule has 1 saturated heterocycles. The molecule has 1 unspecified atom stereocenters. The molecule has 0 radical (unpaired) electrons. The Morgan fingerprint density at radius 1 is 1.27 bits per heavy atom. The summed E-state index contributed by atoms with van der Waals surface area (Å²) < 4.78 is 10.7. The van der Waals surface area contributed by atoms with Crippen molar-refractivity contribution in [1.82, 2.24) is 4.90 Å². The van der Waals surface area contributed by atoms with Crippen LogP contribution < -0.4 is 0 Å². The minimum atomic E-state index is -0.676. The molecule has 1 atom stereocenters. The van der Waals surface area contributed by atoms with Crippen molar-refractivity contribution in [2.24, 2.45) is 0 Å². The highest BCUT2D eigenvalue weighted by Gasteiger charge is 2.35. The van der Waals surface area contributed by atoms with Gasteiger partial charge >= 0.3 is 6.09 Å². The second-order valence-electron chi connectivity index (χ2n) is 6.14. The molecule has 1 aromatic carbocycles. The molecule has 2 rings (SSSR count). The van der Waals surface area contributed by atoms with Gasteiger partial charge in [0.15, 0.2) is 5.78 Å². The summed E-state index contributed by atoms with van der Waals surface area (Å²) in [7, 11) is 0. The first-order valence-electron chi connectivity index (χ1n) is 7.15. The Morgan fingerprint density at radius 3 is 2.50 bits per heavy atom. The van der Waals surface area contributed by atoms with Crippen molar-refractivity contribution >= 4 is 23.5 Å². The number of ketones is 1. The molecule has 1 aromatic rings. The zero-order valence-electron chi connectivity index (χ0n) is 13.0. The van der Waals surface area contributed by atoms with E-state index in [1.807, 2.05) is 0 Å². The lowest BCUT2D eigenvalue weighted by Crippen LogP contribution is -2.53. The van der Waals surface area contributed by atoms with Crippen LogP contribution in [0.4, 0.5) is 4.79 Å². The van der Waals surface area contributed by atoms with Crippen LogP contribution in [-0.2, 0) is 9.47 Å². The molecule has 0 aromatic heterocycles. The quantitative estimate of drug-likeness (QED) is 0.784. The first-order chi connectivity index (χ1) is 10.3. The molecular weight excluding hydrogens is 306 g/mol. The van der Waals surface area contributed by atoms with Crippen molar-refractivity contribution in [3.8, 4) is 0 Å². The average molecular weight is 326 g/mol. The van der Waals surface area contributed by atoms with Gasteiger partial charge in [0.25, 0.3) is 0 Å². The maximum absolute atomic E-state index is 12.6. The van der Waals surface area contributed by atoms with Gasteiger partial charge in [-0.15, -0.1) is 0 Å². The van der Waals surface area contributed by atoms with Crippen molar-refractivity contribution in [2.75, 3.05) is 19.8 Å². The number of hydrogen-bond acceptors (Lipinski definition) is 4. The average Bonchev–Trinajstić information content (AvgIpc) is 2.45. The molecule has 120 valence electrons. The zero-order valence-corrected chi connectivity index (χ0v) is 13.7. The van der Waals surface area contributed by atoms with E-state index in [9.17, 15) is 9.59 Å². The Labute approximate surface area is 135 Å². The number of amides is 1. The fraction of sp³-hybridized carbons (Fsp3) is 0.500. The molecule has 6 heteroatoms. The Bertz CT molecular complexity index is 550. The summed E-state index contributed by atoms with van der Waals surface area (Å²) >= 11 is 5.83. The Morgan fingerprint density at radius 2 is 1.91 bits per heavy atom. The fourth-order valence-electron chi connectivity index (χ4n) is 2.17. The fourth-order valence-corrected chi connectivity index (χ4v) is 2.29. The van der Waals surface area contributed by atoms with Gasteiger partial charge in [-0.05, 0) is 45.0 Å². The van der Waals surface area contributed by atoms with Crippen molar-refractivity contribution < 1.29 is 19.1 Å². The molecule has 0 saturated carbocycles. The van der Waals surface area contributed by atoms with Crippen LogP contribution in [0.5, 0.6) is 0 Å². The highest BCUT2D eigenvalue weighted by molar-refractivity contribution is 6.30. The van der Waals surface area contributed by atoms with Gasteiger partial charge in [0.05, 0.1) is 13.2 Å². The Hall–Kier alpha value is -1.59. The molecule has 1 heterocycles. The third kappa shape index (κ3) is 4.21. The van der Waals surface area contributed by atoms with E-state index in [1.165, 1.54) is 4.90 Å². The van der Waals surface area contributed by atoms with Gasteiger partial charge in [-0.25, -0.2) is 4.79 Å². The van der Waals surface area contributed by atoms with Gasteiger partial charge < -0.3 is 9.47 Å². The second kappa shape index (κ2) is 6.67. The summed E-state index contributed by atoms with van der Waals surface area (Å²) in [5.74, 6) is -0.178. The smallest absolute Gasteiger partial charge is 0.411 e. The molecule has 0 bridgehead atoms. The first-order valence-corrected chi connectivity index (χ1v) is 7.53. The number of rotatable bonds is 2. The lowest BCUT2D eigenvalue weighted by Gasteiger charge is -2.35. The molecule has 5 nitrogen and oxygen atoms in total. The second-order valence-corrected chi connectivity index (χ2v) is 6.57. The summed E-state index contributed by atoms with van der Waals surface area (Å²) in [5.41, 5.74) is -0.114. The maximum Gasteiger partial charge on any atom is 0.411 e. The minimum Gasteiger partial charge on any atom is -0.444 e. The maximum atomic E-state index is 12.6. The molecule has 1 aliphatic heterocycles. The van der Waals surface area contributed by atoms with Crippen LogP contribution in [0.2, 0.25) is 5.02 Å². The van der Waals surface area contributed by atoms with E-state index in [2.05, 4.69) is 0 Å². The number of hydrogen-bond donors (Lipinski definition) is 0. The third-order valence-electron chi connectivity index (χ3n) is 3.19. The van der Waals surface area contributed by atoms with Gasteiger partial charge in [-0.2, -0.15) is 0 Å². The van der Waals surface area contributed by atoms with Gasteiger partial charge in [-0.3, -0.25) is 9.69 Å². The lowest BCUT2D eigenvalue weighted by atomic mass is 10.0. The highest BCUT2D eigenvalue weighted by atomic mass is 35.5. The Kier molecular flexibility index (Phi) is 5.08. The predicted molar refractivity (Wildman–Crippen MR) is 83.3 cm³/mol. The van der Waals surface area contributed by atoms with Crippen molar-refractivity contribution in [2.45, 2.75) is 32.4 Å². The molecule has 1 fully saturated rings. The number of nitrogens with zero attached hydrogens (tertiary/aromatic N) is 1. The van der Waals surface area contributed by atoms with Gasteiger partial charge in [-0.1, -0.05) is 11.6 Å². The van der Waals surface area contributed by atoms with Crippen LogP contribution in [0.1, 0.15) is 31.1 Å². The predicted octanol–water partition coefficient (Wildman–Crippen LogP) is 3.16. The van der Waals surface area contributed by atoms with Crippen LogP contribution in [-0.4, -0.2) is 48.2 Å². The van der Waals surface area contributed by atoms with Crippen molar-refractivity contribution in [3.05, 3.63) is 34.9 Å². The zero-order chi connectivity index (χ0) is 16.3. The SMILES string of the molecule is CC(C)(C)OC(=O)N1CCOCC1C(=O)c1ccc(Cl)cc1. The van der Waals surface area contributed by atoms with E-state index in [-0.39, 0.29) is 12.4 Å². The largest absolute Gasteiger partial charge is 0.444 e. The Balaban J connectivity index is 2.17. The number of benzene rings is 1. The molecule has 0 aliphatic carbocycles. The van der Waals surface area contributed by atoms with Crippen LogP contribution in [0, 0.1) is 0 Å². The number of ether oxygens (including phenoxy) is 2. The summed E-state index contributed by atoms with van der Waals surface area (Å²) in [6.07, 6.45) is -0.497. The van der Waals surface area contributed by atoms with E-state index in [0.29, 0.717) is 23.7 Å². The topological polar surface area (TPSA) is 55.8 Å². The summed E-state index contributed by atoms with van der Waals surface area (Å²) in [6.45, 7) is 6.27. The van der Waals surface area contributed by atoms with E-state index in [0.717, 1.165) is 0 Å². The number of carbonyl (C=O) groups excluding carboxylic acids is 2. The van der Waals surface area contributed by atoms with E-state index in [1.54, 1.807) is 45.0 Å². The molecule has 1 amide bonds. The molecular formula is C16H20ClNO4. The lowest BCUT2D eigenvalue weighted by molar-refractivity contribution is -0.0265. The van der Waals surface area contributed by atoms with Gasteiger partial charge in [0.2, 0.25) is 0 Å². The van der Waals surface area contributed by atoms with Gasteiger partial charge in [0, 0.05) is 17.1 Å². The molecule has 0 spiro atoms. The summed E-state index contributed by atoms with van der Waals surface area (Å²) in [4.78, 5) is 26.3. The number of Topliss-reactive ketones (excluding diaryl/α,β-unsaturated/α-hetero) is 1. The first kappa shape index (κ1) is 16.8. The van der Waals surface area contributed by atoms with Crippen molar-refractivity contribution in [3.63, 3.8) is 0 Å². The molecule has 1 aliphatic rings. The third-order valence-corrected chi connectivity index (χ3v) is 3.44. The van der Waals surface area contributed by atoms with E-state index < -0.39 is 17.7 Å². The summed E-state index contributed by atoms with van der Waals surface area (Å²) in [6, 6.07) is 5.91. The standard InChI is InChI=1S/C16H20ClNO4/c1-16(2,3)22-15(20)18-8-9-21-10-13(18)14(19)11-4-6-12(17)7-5-11/h4-7,13H,8-10H2,1-3H3. The number of halogens is 1. The van der Waals surface area contributed by atoms with E-state index in [4.69, 9.17) is 21.1 Å². The minimum absolute atomic E-state index is 0.167. The summed E-state index contributed by atoms with van der Waals surface area (Å²) in [5, 5.41) is 0.556. The number of morpholine rings is 1. The molecule has 0 N–H and O–H groups in total. The normalized spacial score (nSPS) is 18.9. The number of carbonyl (C=O) groups is 2.